The molecule has 40 heavy (non-hydrogen) atoms. The maximum atomic E-state index is 13.3. The number of ether oxygens (including phenoxy) is 1. The van der Waals surface area contributed by atoms with Gasteiger partial charge in [-0.3, -0.25) is 19.2 Å². The van der Waals surface area contributed by atoms with E-state index in [1.165, 1.54) is 0 Å². The monoisotopic (exact) mass is 561 g/mol. The Kier molecular flexibility index (Phi) is 8.82. The predicted octanol–water partition coefficient (Wildman–Crippen LogP) is 3.88. The molecule has 3 aliphatic rings. The highest BCUT2D eigenvalue weighted by Crippen LogP contribution is 2.72. The lowest BCUT2D eigenvalue weighted by Crippen LogP contribution is -2.65. The number of ketones is 2. The fourth-order valence-corrected chi connectivity index (χ4v) is 6.48. The molecule has 3 aliphatic carbocycles. The molecular formula is C30H47N3O7. The van der Waals surface area contributed by atoms with Crippen LogP contribution in [-0.4, -0.2) is 58.4 Å². The van der Waals surface area contributed by atoms with E-state index >= 15 is 0 Å². The van der Waals surface area contributed by atoms with Crippen LogP contribution in [0, 0.1) is 22.7 Å². The molecule has 0 radical (unpaired) electrons. The molecule has 0 heterocycles. The van der Waals surface area contributed by atoms with Crippen molar-refractivity contribution in [2.75, 3.05) is 6.54 Å². The molecule has 10 heteroatoms. The summed E-state index contributed by atoms with van der Waals surface area (Å²) in [7, 11) is 0. The van der Waals surface area contributed by atoms with Gasteiger partial charge < -0.3 is 25.8 Å². The first-order chi connectivity index (χ1) is 18.3. The third-order valence-corrected chi connectivity index (χ3v) is 8.56. The van der Waals surface area contributed by atoms with Gasteiger partial charge in [-0.05, 0) is 70.6 Å². The first-order valence-electron chi connectivity index (χ1n) is 14.4. The molecule has 4 atom stereocenters. The van der Waals surface area contributed by atoms with Crippen LogP contribution in [-0.2, 0) is 23.9 Å². The van der Waals surface area contributed by atoms with Gasteiger partial charge >= 0.3 is 12.1 Å². The lowest BCUT2D eigenvalue weighted by molar-refractivity contribution is -0.160. The highest BCUT2D eigenvalue weighted by molar-refractivity contribution is 6.22. The van der Waals surface area contributed by atoms with Crippen molar-refractivity contribution in [2.45, 2.75) is 118 Å². The Balaban J connectivity index is 1.58. The van der Waals surface area contributed by atoms with Gasteiger partial charge in [0.25, 0.3) is 0 Å². The van der Waals surface area contributed by atoms with E-state index in [-0.39, 0.29) is 34.4 Å². The fourth-order valence-electron chi connectivity index (χ4n) is 6.48. The molecule has 224 valence electrons. The maximum absolute atomic E-state index is 13.3. The molecule has 0 aromatic rings. The predicted molar refractivity (Wildman–Crippen MR) is 149 cm³/mol. The van der Waals surface area contributed by atoms with Gasteiger partial charge in [0.15, 0.2) is 11.6 Å². The molecule has 10 nitrogen and oxygen atoms in total. The highest BCUT2D eigenvalue weighted by atomic mass is 16.6. The Hall–Kier alpha value is -2.91. The zero-order chi connectivity index (χ0) is 30.3. The van der Waals surface area contributed by atoms with Crippen molar-refractivity contribution >= 4 is 29.5 Å². The Labute approximate surface area is 237 Å². The molecule has 3 rings (SSSR count). The average molecular weight is 562 g/mol. The Bertz CT molecular complexity index is 1080. The number of carboxylic acid groups (broad SMARTS) is 1. The summed E-state index contributed by atoms with van der Waals surface area (Å²) in [5, 5.41) is 19.1. The standard InChI is InChI=1S/C30H47N3O7/c1-17(2)23(32-26(39)40-27(4,5)6)24(36)33-30-14-19(30)13-29(30,25(37)38)11-9-10-12-31-18(3)22-20(34)15-28(7,8)16-21(22)35/h17,19,23,31H,9-16H2,1-8H3,(H,32,39)(H,33,36)(H,37,38)/t19?,23-,29-,30?/m0/s1. The summed E-state index contributed by atoms with van der Waals surface area (Å²) in [6, 6.07) is -0.853. The van der Waals surface area contributed by atoms with Crippen LogP contribution in [0.25, 0.3) is 0 Å². The molecule has 0 aromatic heterocycles. The van der Waals surface area contributed by atoms with Crippen molar-refractivity contribution in [1.82, 2.24) is 16.0 Å². The molecule has 3 fully saturated rings. The number of amides is 2. The summed E-state index contributed by atoms with van der Waals surface area (Å²) >= 11 is 0. The second-order valence-corrected chi connectivity index (χ2v) is 14.1. The third-order valence-electron chi connectivity index (χ3n) is 8.56. The topological polar surface area (TPSA) is 151 Å². The minimum Gasteiger partial charge on any atom is -0.481 e. The fraction of sp³-hybridized carbons (Fsp3) is 0.767. The number of alkyl carbamates (subject to hydrolysis) is 1. The number of rotatable bonds is 11. The first kappa shape index (κ1) is 31.6. The van der Waals surface area contributed by atoms with Gasteiger partial charge in [0.2, 0.25) is 5.91 Å². The first-order valence-corrected chi connectivity index (χ1v) is 14.4. The van der Waals surface area contributed by atoms with E-state index in [4.69, 9.17) is 4.74 Å². The van der Waals surface area contributed by atoms with Gasteiger partial charge in [0.1, 0.15) is 11.6 Å². The number of Topliss-reactive ketones (excluding diaryl/α,β-unsaturated/α-hetero) is 2. The average Bonchev–Trinajstić information content (AvgIpc) is 3.35. The van der Waals surface area contributed by atoms with Gasteiger partial charge in [0, 0.05) is 25.1 Å². The molecule has 0 spiro atoms. The Morgan fingerprint density at radius 3 is 2.12 bits per heavy atom. The van der Waals surface area contributed by atoms with Crippen LogP contribution in [0.4, 0.5) is 4.79 Å². The van der Waals surface area contributed by atoms with E-state index in [2.05, 4.69) is 16.0 Å². The minimum absolute atomic E-state index is 0.111. The van der Waals surface area contributed by atoms with Gasteiger partial charge in [-0.2, -0.15) is 0 Å². The van der Waals surface area contributed by atoms with Gasteiger partial charge in [-0.15, -0.1) is 0 Å². The van der Waals surface area contributed by atoms with Crippen LogP contribution in [0.5, 0.6) is 0 Å². The van der Waals surface area contributed by atoms with Crippen LogP contribution in [0.3, 0.4) is 0 Å². The molecule has 3 saturated carbocycles. The van der Waals surface area contributed by atoms with Gasteiger partial charge in [-0.1, -0.05) is 34.1 Å². The van der Waals surface area contributed by atoms with Crippen molar-refractivity contribution in [3.05, 3.63) is 11.3 Å². The zero-order valence-electron chi connectivity index (χ0n) is 25.3. The maximum Gasteiger partial charge on any atom is 0.408 e. The number of carboxylic acids is 1. The summed E-state index contributed by atoms with van der Waals surface area (Å²) in [5.74, 6) is -1.71. The largest absolute Gasteiger partial charge is 0.481 e. The third kappa shape index (κ3) is 6.52. The summed E-state index contributed by atoms with van der Waals surface area (Å²) in [6.07, 6.45) is 2.75. The van der Waals surface area contributed by atoms with Crippen LogP contribution in [0.2, 0.25) is 0 Å². The van der Waals surface area contributed by atoms with E-state index in [1.807, 2.05) is 27.7 Å². The van der Waals surface area contributed by atoms with E-state index in [0.717, 1.165) is 0 Å². The minimum atomic E-state index is -1.06. The molecule has 4 N–H and O–H groups in total. The number of hydrogen-bond acceptors (Lipinski definition) is 7. The van der Waals surface area contributed by atoms with Crippen LogP contribution in [0.15, 0.2) is 11.3 Å². The Morgan fingerprint density at radius 2 is 1.65 bits per heavy atom. The van der Waals surface area contributed by atoms with Crippen LogP contribution >= 0.6 is 0 Å². The normalized spacial score (nSPS) is 27.7. The van der Waals surface area contributed by atoms with Crippen LogP contribution in [0.1, 0.15) is 100 Å². The van der Waals surface area contributed by atoms with Gasteiger partial charge in [-0.25, -0.2) is 4.79 Å². The van der Waals surface area contributed by atoms with Crippen LogP contribution < -0.4 is 16.0 Å². The van der Waals surface area contributed by atoms with Crippen molar-refractivity contribution in [2.24, 2.45) is 22.7 Å². The molecule has 0 aromatic carbocycles. The molecule has 0 aliphatic heterocycles. The van der Waals surface area contributed by atoms with Gasteiger partial charge in [0.05, 0.1) is 16.5 Å². The quantitative estimate of drug-likeness (QED) is 0.169. The number of carbonyl (C=O) groups is 5. The van der Waals surface area contributed by atoms with Crippen molar-refractivity contribution in [3.8, 4) is 0 Å². The summed E-state index contributed by atoms with van der Waals surface area (Å²) in [6.45, 7) is 14.9. The van der Waals surface area contributed by atoms with Crippen molar-refractivity contribution in [1.29, 1.82) is 0 Å². The summed E-state index contributed by atoms with van der Waals surface area (Å²) in [5.41, 5.74) is -2.07. The van der Waals surface area contributed by atoms with E-state index < -0.39 is 40.6 Å². The second-order valence-electron chi connectivity index (χ2n) is 14.1. The number of hydrogen-bond donors (Lipinski definition) is 4. The Morgan fingerprint density at radius 1 is 1.05 bits per heavy atom. The molecule has 0 bridgehead atoms. The summed E-state index contributed by atoms with van der Waals surface area (Å²) < 4.78 is 5.31. The van der Waals surface area contributed by atoms with E-state index in [1.54, 1.807) is 27.7 Å². The molecule has 2 unspecified atom stereocenters. The number of allylic oxidation sites excluding steroid dienone is 2. The lowest BCUT2D eigenvalue weighted by atomic mass is 9.61. The molecule has 2 amide bonds. The number of fused-ring (bicyclic) bond motifs is 1. The zero-order valence-corrected chi connectivity index (χ0v) is 25.3. The van der Waals surface area contributed by atoms with Crippen molar-refractivity contribution < 1.29 is 33.8 Å². The van der Waals surface area contributed by atoms with E-state index in [9.17, 15) is 29.1 Å². The second kappa shape index (κ2) is 11.2. The number of carbonyl (C=O) groups excluding carboxylic acids is 4. The lowest BCUT2D eigenvalue weighted by Gasteiger charge is -2.47. The SMILES string of the molecule is CC(NCCCC[C@@]1(C(=O)O)CC2CC21NC(=O)[C@@H](NC(=O)OC(C)(C)C)C(C)C)=C1C(=O)CC(C)(C)CC1=O. The van der Waals surface area contributed by atoms with E-state index in [0.29, 0.717) is 57.2 Å². The molecular weight excluding hydrogens is 514 g/mol. The number of unbranched alkanes of at least 4 members (excludes halogenated alkanes) is 1. The van der Waals surface area contributed by atoms with Crippen molar-refractivity contribution in [3.63, 3.8) is 0 Å². The highest BCUT2D eigenvalue weighted by Gasteiger charge is 2.79. The number of aliphatic carboxylic acids is 1. The molecule has 0 saturated heterocycles. The summed E-state index contributed by atoms with van der Waals surface area (Å²) in [4.78, 5) is 63.2. The smallest absolute Gasteiger partial charge is 0.408 e. The number of nitrogens with one attached hydrogen (secondary N) is 3.